The minimum absolute atomic E-state index is 0.180. The summed E-state index contributed by atoms with van der Waals surface area (Å²) < 4.78 is 0. The number of carbonyl (C=O) groups excluding carboxylic acids is 1. The molecule has 0 bridgehead atoms. The predicted molar refractivity (Wildman–Crippen MR) is 71.3 cm³/mol. The Morgan fingerprint density at radius 2 is 2.33 bits per heavy atom. The van der Waals surface area contributed by atoms with Gasteiger partial charge in [-0.05, 0) is 23.6 Å². The maximum atomic E-state index is 11.3. The molecule has 1 fully saturated rings. The van der Waals surface area contributed by atoms with Crippen LogP contribution in [0.3, 0.4) is 0 Å². The molecule has 1 aromatic carbocycles. The maximum Gasteiger partial charge on any atom is 0.219 e. The molecular weight excluding hydrogens is 226 g/mol. The average molecular weight is 245 g/mol. The average Bonchev–Trinajstić information content (AvgIpc) is 2.97. The van der Waals surface area contributed by atoms with Crippen LogP contribution < -0.4 is 10.6 Å². The Morgan fingerprint density at radius 1 is 1.44 bits per heavy atom. The molecule has 4 nitrogen and oxygen atoms in total. The third-order valence-electron chi connectivity index (χ3n) is 3.88. The second-order valence-corrected chi connectivity index (χ2v) is 5.14. The van der Waals surface area contributed by atoms with Crippen LogP contribution in [0.5, 0.6) is 0 Å². The van der Waals surface area contributed by atoms with E-state index in [4.69, 9.17) is 0 Å². The number of hydrogen-bond acceptors (Lipinski definition) is 3. The number of benzene rings is 1. The lowest BCUT2D eigenvalue weighted by Gasteiger charge is -2.18. The van der Waals surface area contributed by atoms with Gasteiger partial charge in [-0.3, -0.25) is 4.79 Å². The predicted octanol–water partition coefficient (Wildman–Crippen LogP) is 1.32. The monoisotopic (exact) mass is 245 g/mol. The molecular formula is C14H19N3O. The summed E-state index contributed by atoms with van der Waals surface area (Å²) in [6.45, 7) is 5.26. The zero-order chi connectivity index (χ0) is 12.5. The largest absolute Gasteiger partial charge is 0.380 e. The van der Waals surface area contributed by atoms with Crippen molar-refractivity contribution in [2.45, 2.75) is 32.5 Å². The SMILES string of the molecule is CC(=O)N1CCC(Nc2cccc3c2CNC3)C1. The Morgan fingerprint density at radius 3 is 3.11 bits per heavy atom. The van der Waals surface area contributed by atoms with Crippen LogP contribution in [0.25, 0.3) is 0 Å². The van der Waals surface area contributed by atoms with Crippen molar-refractivity contribution < 1.29 is 4.79 Å². The van der Waals surface area contributed by atoms with Crippen LogP contribution in [0.4, 0.5) is 5.69 Å². The summed E-state index contributed by atoms with van der Waals surface area (Å²) >= 11 is 0. The molecule has 2 N–H and O–H groups in total. The second-order valence-electron chi connectivity index (χ2n) is 5.14. The van der Waals surface area contributed by atoms with Crippen molar-refractivity contribution in [3.63, 3.8) is 0 Å². The first-order valence-corrected chi connectivity index (χ1v) is 6.57. The lowest BCUT2D eigenvalue weighted by atomic mass is 10.1. The zero-order valence-corrected chi connectivity index (χ0v) is 10.7. The topological polar surface area (TPSA) is 44.4 Å². The van der Waals surface area contributed by atoms with E-state index in [2.05, 4.69) is 28.8 Å². The Bertz CT molecular complexity index is 472. The number of hydrogen-bond donors (Lipinski definition) is 2. The fraction of sp³-hybridized carbons (Fsp3) is 0.500. The third kappa shape index (κ3) is 2.08. The Kier molecular flexibility index (Phi) is 2.96. The van der Waals surface area contributed by atoms with Gasteiger partial charge in [0, 0.05) is 44.8 Å². The fourth-order valence-electron chi connectivity index (χ4n) is 2.85. The summed E-state index contributed by atoms with van der Waals surface area (Å²) in [6, 6.07) is 6.81. The minimum Gasteiger partial charge on any atom is -0.380 e. The molecule has 1 amide bonds. The van der Waals surface area contributed by atoms with E-state index in [1.165, 1.54) is 16.8 Å². The number of anilines is 1. The van der Waals surface area contributed by atoms with Crippen molar-refractivity contribution in [1.29, 1.82) is 0 Å². The summed E-state index contributed by atoms with van der Waals surface area (Å²) in [4.78, 5) is 13.2. The van der Waals surface area contributed by atoms with Gasteiger partial charge < -0.3 is 15.5 Å². The number of likely N-dealkylation sites (tertiary alicyclic amines) is 1. The van der Waals surface area contributed by atoms with E-state index in [1.807, 2.05) is 4.90 Å². The molecule has 2 heterocycles. The molecule has 3 rings (SSSR count). The van der Waals surface area contributed by atoms with Gasteiger partial charge in [0.2, 0.25) is 5.91 Å². The summed E-state index contributed by atoms with van der Waals surface area (Å²) in [5, 5.41) is 6.97. The van der Waals surface area contributed by atoms with E-state index in [-0.39, 0.29) is 5.91 Å². The van der Waals surface area contributed by atoms with Gasteiger partial charge in [-0.1, -0.05) is 12.1 Å². The Labute approximate surface area is 107 Å². The molecule has 96 valence electrons. The summed E-state index contributed by atoms with van der Waals surface area (Å²) in [5.74, 6) is 0.180. The first kappa shape index (κ1) is 11.5. The highest BCUT2D eigenvalue weighted by atomic mass is 16.2. The fourth-order valence-corrected chi connectivity index (χ4v) is 2.85. The standard InChI is InChI=1S/C14H19N3O/c1-10(18)17-6-5-12(9-17)16-14-4-2-3-11-7-15-8-13(11)14/h2-4,12,15-16H,5-9H2,1H3. The molecule has 0 aromatic heterocycles. The van der Waals surface area contributed by atoms with Crippen LogP contribution in [0.1, 0.15) is 24.5 Å². The zero-order valence-electron chi connectivity index (χ0n) is 10.7. The quantitative estimate of drug-likeness (QED) is 0.826. The first-order chi connectivity index (χ1) is 8.74. The van der Waals surface area contributed by atoms with Crippen LogP contribution in [0.2, 0.25) is 0 Å². The lowest BCUT2D eigenvalue weighted by Crippen LogP contribution is -2.29. The van der Waals surface area contributed by atoms with Gasteiger partial charge in [0.05, 0.1) is 0 Å². The van der Waals surface area contributed by atoms with Gasteiger partial charge in [-0.15, -0.1) is 0 Å². The highest BCUT2D eigenvalue weighted by Crippen LogP contribution is 2.26. The van der Waals surface area contributed by atoms with Gasteiger partial charge in [-0.2, -0.15) is 0 Å². The number of fused-ring (bicyclic) bond motifs is 1. The third-order valence-corrected chi connectivity index (χ3v) is 3.88. The van der Waals surface area contributed by atoms with E-state index >= 15 is 0 Å². The molecule has 4 heteroatoms. The maximum absolute atomic E-state index is 11.3. The molecule has 1 atom stereocenters. The molecule has 0 spiro atoms. The number of carbonyl (C=O) groups is 1. The van der Waals surface area contributed by atoms with Crippen LogP contribution in [0, 0.1) is 0 Å². The normalized spacial score (nSPS) is 22.1. The van der Waals surface area contributed by atoms with Gasteiger partial charge in [0.1, 0.15) is 0 Å². The molecule has 1 saturated heterocycles. The molecule has 18 heavy (non-hydrogen) atoms. The molecule has 0 saturated carbocycles. The smallest absolute Gasteiger partial charge is 0.219 e. The summed E-state index contributed by atoms with van der Waals surface area (Å²) in [7, 11) is 0. The summed E-state index contributed by atoms with van der Waals surface area (Å²) in [5.41, 5.74) is 4.01. The van der Waals surface area contributed by atoms with Crippen molar-refractivity contribution in [2.75, 3.05) is 18.4 Å². The Balaban J connectivity index is 1.71. The molecule has 2 aliphatic heterocycles. The number of amides is 1. The first-order valence-electron chi connectivity index (χ1n) is 6.57. The van der Waals surface area contributed by atoms with Crippen molar-refractivity contribution in [3.05, 3.63) is 29.3 Å². The van der Waals surface area contributed by atoms with Gasteiger partial charge >= 0.3 is 0 Å². The van der Waals surface area contributed by atoms with Gasteiger partial charge in [0.25, 0.3) is 0 Å². The van der Waals surface area contributed by atoms with Crippen LogP contribution >= 0.6 is 0 Å². The highest BCUT2D eigenvalue weighted by Gasteiger charge is 2.25. The second kappa shape index (κ2) is 4.61. The molecule has 1 aromatic rings. The molecule has 0 aliphatic carbocycles. The minimum atomic E-state index is 0.180. The van der Waals surface area contributed by atoms with Crippen LogP contribution in [-0.4, -0.2) is 29.9 Å². The van der Waals surface area contributed by atoms with E-state index in [9.17, 15) is 4.79 Å². The van der Waals surface area contributed by atoms with Crippen molar-refractivity contribution in [2.24, 2.45) is 0 Å². The molecule has 1 unspecified atom stereocenters. The van der Waals surface area contributed by atoms with E-state index in [0.29, 0.717) is 6.04 Å². The molecule has 0 radical (unpaired) electrons. The number of rotatable bonds is 2. The summed E-state index contributed by atoms with van der Waals surface area (Å²) in [6.07, 6.45) is 1.04. The number of nitrogens with zero attached hydrogens (tertiary/aromatic N) is 1. The highest BCUT2D eigenvalue weighted by molar-refractivity contribution is 5.73. The van der Waals surface area contributed by atoms with Crippen LogP contribution in [-0.2, 0) is 17.9 Å². The van der Waals surface area contributed by atoms with E-state index in [0.717, 1.165) is 32.6 Å². The van der Waals surface area contributed by atoms with Crippen molar-refractivity contribution in [3.8, 4) is 0 Å². The van der Waals surface area contributed by atoms with Crippen LogP contribution in [0.15, 0.2) is 18.2 Å². The van der Waals surface area contributed by atoms with E-state index in [1.54, 1.807) is 6.92 Å². The molecule has 2 aliphatic rings. The number of nitrogens with one attached hydrogen (secondary N) is 2. The van der Waals surface area contributed by atoms with Crippen molar-refractivity contribution >= 4 is 11.6 Å². The lowest BCUT2D eigenvalue weighted by molar-refractivity contribution is -0.127. The van der Waals surface area contributed by atoms with Crippen molar-refractivity contribution in [1.82, 2.24) is 10.2 Å². The van der Waals surface area contributed by atoms with Gasteiger partial charge in [-0.25, -0.2) is 0 Å². The Hall–Kier alpha value is -1.55. The van der Waals surface area contributed by atoms with Gasteiger partial charge in [0.15, 0.2) is 0 Å². The van der Waals surface area contributed by atoms with E-state index < -0.39 is 0 Å².